The van der Waals surface area contributed by atoms with E-state index in [0.717, 1.165) is 37.3 Å². The van der Waals surface area contributed by atoms with Crippen molar-refractivity contribution in [3.8, 4) is 11.5 Å². The zero-order valence-corrected chi connectivity index (χ0v) is 21.3. The molecule has 1 fully saturated rings. The summed E-state index contributed by atoms with van der Waals surface area (Å²) >= 11 is 0. The number of anilines is 2. The summed E-state index contributed by atoms with van der Waals surface area (Å²) in [5.74, 6) is -1.13. The van der Waals surface area contributed by atoms with Gasteiger partial charge in [0.05, 0.1) is 11.8 Å². The summed E-state index contributed by atoms with van der Waals surface area (Å²) in [6.45, 7) is 0. The summed E-state index contributed by atoms with van der Waals surface area (Å²) in [5, 5.41) is 2.66. The van der Waals surface area contributed by atoms with Crippen LogP contribution in [-0.4, -0.2) is 31.3 Å². The number of halogens is 4. The molecule has 0 unspecified atom stereocenters. The topological polar surface area (TPSA) is 114 Å². The molecule has 1 aliphatic rings. The second-order valence-corrected chi connectivity index (χ2v) is 10.9. The molecule has 0 radical (unpaired) electrons. The number of hydrogen-bond acceptors (Lipinski definition) is 6. The summed E-state index contributed by atoms with van der Waals surface area (Å²) in [7, 11) is -3.85. The van der Waals surface area contributed by atoms with Crippen molar-refractivity contribution in [1.29, 1.82) is 0 Å². The largest absolute Gasteiger partial charge is 0.454 e. The molecule has 0 spiro atoms. The van der Waals surface area contributed by atoms with Crippen LogP contribution < -0.4 is 14.8 Å². The van der Waals surface area contributed by atoms with Gasteiger partial charge in [0.15, 0.2) is 11.6 Å². The molecule has 0 bridgehead atoms. The van der Waals surface area contributed by atoms with Gasteiger partial charge in [-0.05, 0) is 60.4 Å². The number of benzene rings is 2. The molecule has 1 heterocycles. The van der Waals surface area contributed by atoms with E-state index in [-0.39, 0.29) is 52.4 Å². The van der Waals surface area contributed by atoms with Gasteiger partial charge in [0.25, 0.3) is 0 Å². The Balaban J connectivity index is 1.43. The second kappa shape index (κ2) is 11.0. The van der Waals surface area contributed by atoms with Crippen molar-refractivity contribution >= 4 is 33.2 Å². The van der Waals surface area contributed by atoms with Crippen molar-refractivity contribution < 1.29 is 40.3 Å². The number of nitrogens with one attached hydrogen (secondary N) is 2. The molecule has 0 atom stereocenters. The summed E-state index contributed by atoms with van der Waals surface area (Å²) in [4.78, 5) is 28.5. The average molecular weight is 566 g/mol. The lowest BCUT2D eigenvalue weighted by atomic mass is 10.0. The molecule has 1 aliphatic carbocycles. The van der Waals surface area contributed by atoms with Crippen molar-refractivity contribution in [1.82, 2.24) is 4.98 Å². The zero-order chi connectivity index (χ0) is 28.4. The number of ether oxygens (including phenoxy) is 1. The van der Waals surface area contributed by atoms with Gasteiger partial charge in [-0.1, -0.05) is 6.07 Å². The summed E-state index contributed by atoms with van der Waals surface area (Å²) in [5.41, 5.74) is -1.23. The van der Waals surface area contributed by atoms with Crippen LogP contribution in [0.5, 0.6) is 11.5 Å². The molecule has 2 N–H and O–H groups in total. The van der Waals surface area contributed by atoms with Gasteiger partial charge >= 0.3 is 6.18 Å². The lowest BCUT2D eigenvalue weighted by Gasteiger charge is -2.13. The number of carbonyl (C=O) groups is 2. The third-order valence-corrected chi connectivity index (χ3v) is 6.19. The number of rotatable bonds is 10. The third-order valence-electron chi connectivity index (χ3n) is 5.58. The fourth-order valence-corrected chi connectivity index (χ4v) is 4.28. The van der Waals surface area contributed by atoms with Crippen LogP contribution in [0.2, 0.25) is 0 Å². The lowest BCUT2D eigenvalue weighted by molar-refractivity contribution is -0.137. The van der Waals surface area contributed by atoms with Crippen molar-refractivity contribution in [3.05, 3.63) is 77.2 Å². The van der Waals surface area contributed by atoms with Crippen molar-refractivity contribution in [2.75, 3.05) is 16.3 Å². The Hall–Kier alpha value is -4.00. The number of Topliss-reactive ketones (excluding diaryl/α,β-unsaturated/α-hetero) is 1. The van der Waals surface area contributed by atoms with Crippen LogP contribution in [0.15, 0.2) is 54.7 Å². The monoisotopic (exact) mass is 565 g/mol. The highest BCUT2D eigenvalue weighted by Gasteiger charge is 2.32. The standard InChI is InChI=1S/C26H23F4N3O5S/c1-39(36,37)33-19-9-16(8-18(13-19)26(28,29)30)11-20(34)10-15-2-5-23(22(27)12-15)38-21-6-7-31-24(14-21)32-25(35)17-3-4-17/h2,5-9,12-14,17,33H,3-4,10-11H2,1H3,(H,31,32,35). The first-order valence-corrected chi connectivity index (χ1v) is 13.6. The molecule has 1 aromatic heterocycles. The van der Waals surface area contributed by atoms with Gasteiger partial charge in [0.2, 0.25) is 15.9 Å². The molecule has 39 heavy (non-hydrogen) atoms. The average Bonchev–Trinajstić information content (AvgIpc) is 3.65. The Morgan fingerprint density at radius 3 is 2.38 bits per heavy atom. The maximum atomic E-state index is 14.7. The van der Waals surface area contributed by atoms with Gasteiger partial charge < -0.3 is 10.1 Å². The molecule has 3 aromatic rings. The molecule has 0 aliphatic heterocycles. The van der Waals surface area contributed by atoms with E-state index in [1.54, 1.807) is 0 Å². The van der Waals surface area contributed by atoms with Crippen LogP contribution >= 0.6 is 0 Å². The number of sulfonamides is 1. The molecule has 0 saturated heterocycles. The third kappa shape index (κ3) is 8.24. The highest BCUT2D eigenvalue weighted by molar-refractivity contribution is 7.92. The summed E-state index contributed by atoms with van der Waals surface area (Å²) in [6.07, 6.45) is -1.64. The lowest BCUT2D eigenvalue weighted by Crippen LogP contribution is -2.14. The van der Waals surface area contributed by atoms with E-state index in [2.05, 4.69) is 10.3 Å². The predicted molar refractivity (Wildman–Crippen MR) is 134 cm³/mol. The van der Waals surface area contributed by atoms with E-state index in [0.29, 0.717) is 6.07 Å². The van der Waals surface area contributed by atoms with E-state index in [9.17, 15) is 35.6 Å². The minimum atomic E-state index is -4.76. The number of hydrogen-bond donors (Lipinski definition) is 2. The highest BCUT2D eigenvalue weighted by atomic mass is 32.2. The van der Waals surface area contributed by atoms with Crippen LogP contribution in [0.1, 0.15) is 29.5 Å². The summed E-state index contributed by atoms with van der Waals surface area (Å²) in [6, 6.07) is 9.28. The molecule has 8 nitrogen and oxygen atoms in total. The van der Waals surface area contributed by atoms with Gasteiger partial charge in [-0.15, -0.1) is 0 Å². The number of pyridine rings is 1. The zero-order valence-electron chi connectivity index (χ0n) is 20.5. The molecule has 206 valence electrons. The first-order valence-electron chi connectivity index (χ1n) is 11.7. The van der Waals surface area contributed by atoms with E-state index in [1.807, 2.05) is 4.72 Å². The van der Waals surface area contributed by atoms with Crippen molar-refractivity contribution in [2.24, 2.45) is 5.92 Å². The molecular formula is C26H23F4N3O5S. The van der Waals surface area contributed by atoms with Crippen molar-refractivity contribution in [3.63, 3.8) is 0 Å². The van der Waals surface area contributed by atoms with Crippen LogP contribution in [0.3, 0.4) is 0 Å². The number of amides is 1. The number of nitrogens with zero attached hydrogens (tertiary/aromatic N) is 1. The van der Waals surface area contributed by atoms with Crippen LogP contribution in [0.25, 0.3) is 0 Å². The highest BCUT2D eigenvalue weighted by Crippen LogP contribution is 2.33. The molecule has 13 heteroatoms. The van der Waals surface area contributed by atoms with Gasteiger partial charge in [0, 0.05) is 36.7 Å². The number of ketones is 1. The van der Waals surface area contributed by atoms with Crippen molar-refractivity contribution in [2.45, 2.75) is 31.9 Å². The maximum Gasteiger partial charge on any atom is 0.416 e. The first kappa shape index (κ1) is 28.0. The second-order valence-electron chi connectivity index (χ2n) is 9.19. The van der Waals surface area contributed by atoms with Crippen LogP contribution in [0, 0.1) is 11.7 Å². The Morgan fingerprint density at radius 2 is 1.74 bits per heavy atom. The molecule has 1 saturated carbocycles. The number of carbonyl (C=O) groups excluding carboxylic acids is 2. The molecule has 1 amide bonds. The van der Waals surface area contributed by atoms with Gasteiger partial charge in [-0.25, -0.2) is 17.8 Å². The minimum absolute atomic E-state index is 0.0242. The van der Waals surface area contributed by atoms with Gasteiger partial charge in [0.1, 0.15) is 17.4 Å². The molecular weight excluding hydrogens is 542 g/mol. The minimum Gasteiger partial charge on any atom is -0.454 e. The van der Waals surface area contributed by atoms with E-state index < -0.39 is 39.8 Å². The summed E-state index contributed by atoms with van der Waals surface area (Å²) < 4.78 is 85.0. The normalized spacial score (nSPS) is 13.6. The Morgan fingerprint density at radius 1 is 1.03 bits per heavy atom. The fourth-order valence-electron chi connectivity index (χ4n) is 3.73. The Labute approximate surface area is 221 Å². The molecule has 2 aromatic carbocycles. The quantitative estimate of drug-likeness (QED) is 0.331. The van der Waals surface area contributed by atoms with E-state index >= 15 is 0 Å². The van der Waals surface area contributed by atoms with Gasteiger partial charge in [-0.3, -0.25) is 14.3 Å². The molecule has 4 rings (SSSR count). The van der Waals surface area contributed by atoms with Gasteiger partial charge in [-0.2, -0.15) is 13.2 Å². The van der Waals surface area contributed by atoms with Crippen LogP contribution in [-0.2, 0) is 38.6 Å². The number of aromatic nitrogens is 1. The smallest absolute Gasteiger partial charge is 0.416 e. The maximum absolute atomic E-state index is 14.7. The fraction of sp³-hybridized carbons (Fsp3) is 0.269. The van der Waals surface area contributed by atoms with E-state index in [1.165, 1.54) is 30.5 Å². The van der Waals surface area contributed by atoms with Crippen LogP contribution in [0.4, 0.5) is 29.1 Å². The Kier molecular flexibility index (Phi) is 7.91. The number of alkyl halides is 3. The van der Waals surface area contributed by atoms with E-state index in [4.69, 9.17) is 4.74 Å². The SMILES string of the molecule is CS(=O)(=O)Nc1cc(CC(=O)Cc2ccc(Oc3ccnc(NC(=O)C4CC4)c3)c(F)c2)cc(C(F)(F)F)c1. The predicted octanol–water partition coefficient (Wildman–Crippen LogP) is 5.11. The Bertz CT molecular complexity index is 1520. The first-order chi connectivity index (χ1) is 18.2.